The van der Waals surface area contributed by atoms with Crippen LogP contribution in [0, 0.1) is 10.1 Å². The number of azo groups is 1. The molecule has 0 aliphatic heterocycles. The van der Waals surface area contributed by atoms with Gasteiger partial charge < -0.3 is 14.0 Å². The Labute approximate surface area is 310 Å². The van der Waals surface area contributed by atoms with Crippen molar-refractivity contribution in [1.29, 1.82) is 0 Å². The number of halogens is 2. The quantitative estimate of drug-likeness (QED) is 0.0523. The fourth-order valence-corrected chi connectivity index (χ4v) is 5.28. The van der Waals surface area contributed by atoms with Gasteiger partial charge in [-0.3, -0.25) is 10.1 Å². The summed E-state index contributed by atoms with van der Waals surface area (Å²) in [6.07, 6.45) is 2.11. The molecular formula is C24H15Cl2N7Na2O8S2. The van der Waals surface area contributed by atoms with Crippen molar-refractivity contribution >= 4 is 84.3 Å². The van der Waals surface area contributed by atoms with Crippen LogP contribution in [0.1, 0.15) is 11.1 Å². The van der Waals surface area contributed by atoms with Gasteiger partial charge in [-0.1, -0.05) is 18.2 Å². The summed E-state index contributed by atoms with van der Waals surface area (Å²) in [6.45, 7) is 0. The molecular weight excluding hydrogens is 695 g/mol. The Hall–Kier alpha value is -2.39. The van der Waals surface area contributed by atoms with Crippen molar-refractivity contribution in [3.63, 3.8) is 0 Å². The molecule has 0 bridgehead atoms. The Morgan fingerprint density at radius 3 is 1.73 bits per heavy atom. The van der Waals surface area contributed by atoms with Crippen LogP contribution in [0.2, 0.25) is 10.6 Å². The minimum atomic E-state index is -5.13. The first-order chi connectivity index (χ1) is 20.1. The maximum atomic E-state index is 12.0. The number of rotatable bonds is 9. The molecule has 0 saturated carbocycles. The van der Waals surface area contributed by atoms with E-state index in [9.17, 15) is 36.1 Å². The SMILES string of the molecule is CN(c1ccc(N=Nc2ccc(/C=C/c3ccc([N+](=O)[O-])cc3S(=O)(=O)[O-])c(S(=O)(=O)[O-])c2)cc1)c1nc(Cl)nc(Cl)n1.[Na+].[Na+]. The van der Waals surface area contributed by atoms with Crippen LogP contribution < -0.4 is 64.0 Å². The predicted octanol–water partition coefficient (Wildman–Crippen LogP) is -0.743. The van der Waals surface area contributed by atoms with E-state index in [1.165, 1.54) is 12.1 Å². The smallest absolute Gasteiger partial charge is 0.744 e. The molecule has 0 unspecified atom stereocenters. The fourth-order valence-electron chi connectivity index (χ4n) is 3.55. The van der Waals surface area contributed by atoms with Gasteiger partial charge in [-0.05, 0) is 76.8 Å². The summed E-state index contributed by atoms with van der Waals surface area (Å²) in [5.41, 5.74) is -0.0522. The van der Waals surface area contributed by atoms with Gasteiger partial charge in [0.05, 0.1) is 26.1 Å². The topological polar surface area (TPSA) is 224 Å². The minimum Gasteiger partial charge on any atom is -0.744 e. The van der Waals surface area contributed by atoms with E-state index in [2.05, 4.69) is 25.2 Å². The zero-order chi connectivity index (χ0) is 31.5. The molecule has 0 N–H and O–H groups in total. The van der Waals surface area contributed by atoms with Gasteiger partial charge in [0.25, 0.3) is 5.69 Å². The maximum Gasteiger partial charge on any atom is 1.00 e. The van der Waals surface area contributed by atoms with Crippen LogP contribution in [-0.2, 0) is 20.2 Å². The van der Waals surface area contributed by atoms with Crippen molar-refractivity contribution in [3.8, 4) is 0 Å². The Morgan fingerprint density at radius 1 is 0.756 bits per heavy atom. The van der Waals surface area contributed by atoms with E-state index >= 15 is 0 Å². The number of aromatic nitrogens is 3. The number of hydrogen-bond acceptors (Lipinski definition) is 14. The average molecular weight is 710 g/mol. The molecule has 0 saturated heterocycles. The second-order valence-electron chi connectivity index (χ2n) is 8.39. The summed E-state index contributed by atoms with van der Waals surface area (Å²) in [5, 5.41) is 18.8. The van der Waals surface area contributed by atoms with E-state index < -0.39 is 40.6 Å². The molecule has 1 heterocycles. The van der Waals surface area contributed by atoms with Crippen molar-refractivity contribution in [2.75, 3.05) is 11.9 Å². The summed E-state index contributed by atoms with van der Waals surface area (Å²) in [7, 11) is -8.53. The molecule has 0 fully saturated rings. The normalized spacial score (nSPS) is 11.7. The van der Waals surface area contributed by atoms with Crippen molar-refractivity contribution in [2.45, 2.75) is 9.79 Å². The molecule has 0 amide bonds. The average Bonchev–Trinajstić information content (AvgIpc) is 2.93. The van der Waals surface area contributed by atoms with E-state index in [0.29, 0.717) is 17.4 Å². The summed E-state index contributed by atoms with van der Waals surface area (Å²) in [4.78, 5) is 21.8. The zero-order valence-electron chi connectivity index (χ0n) is 23.4. The van der Waals surface area contributed by atoms with Crippen molar-refractivity contribution in [3.05, 3.63) is 92.5 Å². The molecule has 0 atom stereocenters. The standard InChI is InChI=1S/C24H17Cl2N7O8S2.2Na/c1-32(24-28-22(25)27-23(26)29-24)18-10-7-16(8-11-18)30-31-17-6-4-14(20(12-17)42(36,37)38)2-3-15-5-9-19(33(34)35)13-21(15)43(39,40)41;;/h2-13H,1H3,(H,36,37,38)(H,39,40,41);;/q;2*+1/p-2/b3-2+,31-30?;;. The van der Waals surface area contributed by atoms with Crippen molar-refractivity contribution in [1.82, 2.24) is 15.0 Å². The molecule has 222 valence electrons. The monoisotopic (exact) mass is 709 g/mol. The first-order valence-corrected chi connectivity index (χ1v) is 15.0. The van der Waals surface area contributed by atoms with Gasteiger partial charge in [0.1, 0.15) is 20.2 Å². The molecule has 21 heteroatoms. The third kappa shape index (κ3) is 10.3. The number of nitro groups is 1. The summed E-state index contributed by atoms with van der Waals surface area (Å²) in [6, 6.07) is 12.6. The molecule has 0 spiro atoms. The van der Waals surface area contributed by atoms with Gasteiger partial charge in [-0.25, -0.2) is 16.8 Å². The number of benzene rings is 3. The number of hydrogen-bond donors (Lipinski definition) is 0. The van der Waals surface area contributed by atoms with Gasteiger partial charge in [-0.15, -0.1) is 0 Å². The molecule has 4 aromatic rings. The molecule has 0 aliphatic rings. The van der Waals surface area contributed by atoms with Crippen LogP contribution in [0.3, 0.4) is 0 Å². The van der Waals surface area contributed by atoms with Crippen LogP contribution in [0.4, 0.5) is 28.7 Å². The van der Waals surface area contributed by atoms with Gasteiger partial charge in [0, 0.05) is 24.9 Å². The fraction of sp³-hybridized carbons (Fsp3) is 0.0417. The van der Waals surface area contributed by atoms with Crippen LogP contribution in [0.25, 0.3) is 12.2 Å². The number of anilines is 2. The first-order valence-electron chi connectivity index (χ1n) is 11.5. The predicted molar refractivity (Wildman–Crippen MR) is 153 cm³/mol. The van der Waals surface area contributed by atoms with Crippen LogP contribution in [0.5, 0.6) is 0 Å². The molecule has 4 rings (SSSR count). The van der Waals surface area contributed by atoms with Gasteiger partial charge in [0.2, 0.25) is 16.5 Å². The largest absolute Gasteiger partial charge is 1.00 e. The van der Waals surface area contributed by atoms with E-state index in [0.717, 1.165) is 30.4 Å². The Bertz CT molecular complexity index is 2000. The molecule has 15 nitrogen and oxygen atoms in total. The van der Waals surface area contributed by atoms with Gasteiger partial charge in [0.15, 0.2) is 0 Å². The summed E-state index contributed by atoms with van der Waals surface area (Å²) < 4.78 is 70.9. The third-order valence-electron chi connectivity index (χ3n) is 5.57. The van der Waals surface area contributed by atoms with Crippen LogP contribution in [0.15, 0.2) is 80.7 Å². The molecule has 45 heavy (non-hydrogen) atoms. The number of nitro benzene ring substituents is 1. The first kappa shape index (κ1) is 38.8. The molecule has 3 aromatic carbocycles. The van der Waals surface area contributed by atoms with E-state index in [-0.39, 0.29) is 92.4 Å². The van der Waals surface area contributed by atoms with Crippen molar-refractivity contribution in [2.24, 2.45) is 10.2 Å². The minimum absolute atomic E-state index is 0. The van der Waals surface area contributed by atoms with Crippen LogP contribution in [-0.4, -0.2) is 52.9 Å². The van der Waals surface area contributed by atoms with E-state index in [1.54, 1.807) is 36.2 Å². The Balaban J connectivity index is 0.00000353. The maximum absolute atomic E-state index is 12.0. The van der Waals surface area contributed by atoms with Gasteiger partial charge in [-0.2, -0.15) is 25.2 Å². The Morgan fingerprint density at radius 2 is 1.22 bits per heavy atom. The second kappa shape index (κ2) is 15.9. The van der Waals surface area contributed by atoms with Crippen molar-refractivity contribution < 1.29 is 90.0 Å². The van der Waals surface area contributed by atoms with E-state index in [1.807, 2.05) is 0 Å². The number of nitrogens with zero attached hydrogens (tertiary/aromatic N) is 7. The molecule has 1 aromatic heterocycles. The second-order valence-corrected chi connectivity index (χ2v) is 11.8. The summed E-state index contributed by atoms with van der Waals surface area (Å²) >= 11 is 11.6. The number of non-ortho nitro benzene ring substituents is 1. The third-order valence-corrected chi connectivity index (χ3v) is 7.70. The Kier molecular flexibility index (Phi) is 13.7. The van der Waals surface area contributed by atoms with Gasteiger partial charge >= 0.3 is 59.1 Å². The summed E-state index contributed by atoms with van der Waals surface area (Å²) in [5.74, 6) is 0.194. The molecule has 0 aliphatic carbocycles. The molecule has 0 radical (unpaired) electrons. The zero-order valence-corrected chi connectivity index (χ0v) is 30.5. The van der Waals surface area contributed by atoms with Crippen LogP contribution >= 0.6 is 23.2 Å². The van der Waals surface area contributed by atoms with E-state index in [4.69, 9.17) is 23.2 Å².